The summed E-state index contributed by atoms with van der Waals surface area (Å²) in [5.41, 5.74) is 2.93. The number of aliphatic imine (C=N–C) groups is 1. The minimum atomic E-state index is 0.470. The summed E-state index contributed by atoms with van der Waals surface area (Å²) >= 11 is 0. The highest BCUT2D eigenvalue weighted by Crippen LogP contribution is 2.29. The van der Waals surface area contributed by atoms with E-state index >= 15 is 0 Å². The molecule has 4 aromatic carbocycles. The summed E-state index contributed by atoms with van der Waals surface area (Å²) in [5, 5.41) is 2.40. The number of hydrogen-bond acceptors (Lipinski definition) is 4. The van der Waals surface area contributed by atoms with Crippen molar-refractivity contribution in [3.63, 3.8) is 0 Å². The molecule has 0 N–H and O–H groups in total. The maximum absolute atomic E-state index is 6.09. The Balaban J connectivity index is 1.47. The van der Waals surface area contributed by atoms with Crippen LogP contribution in [0.5, 0.6) is 17.2 Å². The largest absolute Gasteiger partial charge is 0.494 e. The Hall–Kier alpha value is -3.79. The normalized spacial score (nSPS) is 11.0. The molecule has 156 valence electrons. The third kappa shape index (κ3) is 5.04. The molecule has 0 aromatic heterocycles. The maximum Gasteiger partial charge on any atom is 0.161 e. The molecule has 0 spiro atoms. The maximum atomic E-state index is 6.09. The molecule has 4 nitrogen and oxygen atoms in total. The van der Waals surface area contributed by atoms with E-state index in [1.807, 2.05) is 67.7 Å². The molecule has 4 aromatic rings. The first-order chi connectivity index (χ1) is 15.3. The van der Waals surface area contributed by atoms with E-state index in [0.29, 0.717) is 24.7 Å². The highest BCUT2D eigenvalue weighted by molar-refractivity contribution is 5.85. The van der Waals surface area contributed by atoms with Crippen molar-refractivity contribution in [2.75, 3.05) is 13.7 Å². The average Bonchev–Trinajstić information content (AvgIpc) is 2.82. The standard InChI is InChI=1S/C27H25NO3/c1-3-30-24-14-12-23(13-15-24)28-18-20-11-16-26(27(17-20)29-2)31-19-22-9-6-8-21-7-4-5-10-25(21)22/h4-18H,3,19H2,1-2H3. The monoisotopic (exact) mass is 411 g/mol. The van der Waals surface area contributed by atoms with E-state index in [4.69, 9.17) is 14.2 Å². The van der Waals surface area contributed by atoms with Gasteiger partial charge in [-0.05, 0) is 71.3 Å². The minimum Gasteiger partial charge on any atom is -0.494 e. The second-order valence-corrected chi connectivity index (χ2v) is 7.02. The molecule has 0 aliphatic heterocycles. The fourth-order valence-corrected chi connectivity index (χ4v) is 3.40. The zero-order valence-electron chi connectivity index (χ0n) is 17.7. The van der Waals surface area contributed by atoms with Gasteiger partial charge >= 0.3 is 0 Å². The minimum absolute atomic E-state index is 0.470. The van der Waals surface area contributed by atoms with Crippen molar-refractivity contribution < 1.29 is 14.2 Å². The summed E-state index contributed by atoms with van der Waals surface area (Å²) in [4.78, 5) is 4.53. The summed E-state index contributed by atoms with van der Waals surface area (Å²) in [6, 6.07) is 28.1. The van der Waals surface area contributed by atoms with Gasteiger partial charge in [0.25, 0.3) is 0 Å². The van der Waals surface area contributed by atoms with Crippen LogP contribution in [-0.2, 0) is 6.61 Å². The fourth-order valence-electron chi connectivity index (χ4n) is 3.40. The van der Waals surface area contributed by atoms with Crippen molar-refractivity contribution in [2.45, 2.75) is 13.5 Å². The van der Waals surface area contributed by atoms with E-state index in [1.54, 1.807) is 7.11 Å². The van der Waals surface area contributed by atoms with Crippen LogP contribution in [0.2, 0.25) is 0 Å². The predicted molar refractivity (Wildman–Crippen MR) is 126 cm³/mol. The first-order valence-corrected chi connectivity index (χ1v) is 10.3. The lowest BCUT2D eigenvalue weighted by Gasteiger charge is -2.12. The molecule has 31 heavy (non-hydrogen) atoms. The van der Waals surface area contributed by atoms with Crippen molar-refractivity contribution in [3.8, 4) is 17.2 Å². The Bertz CT molecular complexity index is 1180. The number of ether oxygens (including phenoxy) is 3. The third-order valence-electron chi connectivity index (χ3n) is 4.96. The van der Waals surface area contributed by atoms with Gasteiger partial charge in [0, 0.05) is 6.21 Å². The van der Waals surface area contributed by atoms with Gasteiger partial charge in [0.15, 0.2) is 11.5 Å². The molecule has 0 aliphatic carbocycles. The lowest BCUT2D eigenvalue weighted by Crippen LogP contribution is -1.99. The summed E-state index contributed by atoms with van der Waals surface area (Å²) < 4.78 is 17.1. The SMILES string of the molecule is CCOc1ccc(N=Cc2ccc(OCc3cccc4ccccc34)c(OC)c2)cc1. The molecule has 0 atom stereocenters. The first kappa shape index (κ1) is 20.5. The van der Waals surface area contributed by atoms with Crippen molar-refractivity contribution >= 4 is 22.7 Å². The van der Waals surface area contributed by atoms with E-state index in [0.717, 1.165) is 22.6 Å². The van der Waals surface area contributed by atoms with Crippen LogP contribution in [0.4, 0.5) is 5.69 Å². The first-order valence-electron chi connectivity index (χ1n) is 10.3. The van der Waals surface area contributed by atoms with Crippen LogP contribution in [0, 0.1) is 0 Å². The van der Waals surface area contributed by atoms with Crippen LogP contribution in [0.25, 0.3) is 10.8 Å². The van der Waals surface area contributed by atoms with Crippen molar-refractivity contribution in [1.82, 2.24) is 0 Å². The average molecular weight is 412 g/mol. The van der Waals surface area contributed by atoms with E-state index in [-0.39, 0.29) is 0 Å². The van der Waals surface area contributed by atoms with Gasteiger partial charge in [-0.3, -0.25) is 4.99 Å². The highest BCUT2D eigenvalue weighted by atomic mass is 16.5. The molecule has 0 aliphatic rings. The molecular weight excluding hydrogens is 386 g/mol. The quantitative estimate of drug-likeness (QED) is 0.308. The van der Waals surface area contributed by atoms with Crippen LogP contribution in [0.15, 0.2) is 89.9 Å². The van der Waals surface area contributed by atoms with Crippen LogP contribution in [0.3, 0.4) is 0 Å². The topological polar surface area (TPSA) is 40.0 Å². The molecule has 0 bridgehead atoms. The van der Waals surface area contributed by atoms with Gasteiger partial charge in [0.2, 0.25) is 0 Å². The molecule has 0 saturated heterocycles. The zero-order chi connectivity index (χ0) is 21.5. The van der Waals surface area contributed by atoms with Crippen LogP contribution >= 0.6 is 0 Å². The van der Waals surface area contributed by atoms with E-state index in [1.165, 1.54) is 10.8 Å². The van der Waals surface area contributed by atoms with Gasteiger partial charge in [-0.2, -0.15) is 0 Å². The number of benzene rings is 4. The van der Waals surface area contributed by atoms with Crippen molar-refractivity contribution in [3.05, 3.63) is 96.1 Å². The highest BCUT2D eigenvalue weighted by Gasteiger charge is 2.07. The van der Waals surface area contributed by atoms with Gasteiger partial charge in [-0.25, -0.2) is 0 Å². The van der Waals surface area contributed by atoms with Gasteiger partial charge < -0.3 is 14.2 Å². The molecule has 4 rings (SSSR count). The Morgan fingerprint density at radius 3 is 2.42 bits per heavy atom. The Labute approximate surface area is 182 Å². The number of rotatable bonds is 8. The molecule has 0 fully saturated rings. The number of nitrogens with zero attached hydrogens (tertiary/aromatic N) is 1. The number of hydrogen-bond donors (Lipinski definition) is 0. The zero-order valence-corrected chi connectivity index (χ0v) is 17.7. The van der Waals surface area contributed by atoms with Gasteiger partial charge in [0.1, 0.15) is 12.4 Å². The van der Waals surface area contributed by atoms with Crippen LogP contribution in [-0.4, -0.2) is 19.9 Å². The second-order valence-electron chi connectivity index (χ2n) is 7.02. The molecule has 0 amide bonds. The van der Waals surface area contributed by atoms with Crippen LogP contribution < -0.4 is 14.2 Å². The summed E-state index contributed by atoms with van der Waals surface area (Å²) in [7, 11) is 1.65. The van der Waals surface area contributed by atoms with Gasteiger partial charge in [0.05, 0.1) is 19.4 Å². The Morgan fingerprint density at radius 1 is 0.806 bits per heavy atom. The third-order valence-corrected chi connectivity index (χ3v) is 4.96. The molecule has 0 heterocycles. The number of fused-ring (bicyclic) bond motifs is 1. The molecular formula is C27H25NO3. The fraction of sp³-hybridized carbons (Fsp3) is 0.148. The smallest absolute Gasteiger partial charge is 0.161 e. The lowest BCUT2D eigenvalue weighted by atomic mass is 10.1. The van der Waals surface area contributed by atoms with Gasteiger partial charge in [-0.15, -0.1) is 0 Å². The van der Waals surface area contributed by atoms with E-state index < -0.39 is 0 Å². The van der Waals surface area contributed by atoms with Crippen molar-refractivity contribution in [1.29, 1.82) is 0 Å². The van der Waals surface area contributed by atoms with E-state index in [2.05, 4.69) is 35.3 Å². The Kier molecular flexibility index (Phi) is 6.48. The molecule has 4 heteroatoms. The van der Waals surface area contributed by atoms with E-state index in [9.17, 15) is 0 Å². The van der Waals surface area contributed by atoms with Crippen molar-refractivity contribution in [2.24, 2.45) is 4.99 Å². The summed E-state index contributed by atoms with van der Waals surface area (Å²) in [5.74, 6) is 2.22. The Morgan fingerprint density at radius 2 is 1.61 bits per heavy atom. The summed E-state index contributed by atoms with van der Waals surface area (Å²) in [6.45, 7) is 3.09. The molecule has 0 radical (unpaired) electrons. The van der Waals surface area contributed by atoms with Gasteiger partial charge in [-0.1, -0.05) is 42.5 Å². The predicted octanol–water partition coefficient (Wildman–Crippen LogP) is 6.58. The second kappa shape index (κ2) is 9.81. The molecule has 0 saturated carbocycles. The molecule has 0 unspecified atom stereocenters. The lowest BCUT2D eigenvalue weighted by molar-refractivity contribution is 0.285. The summed E-state index contributed by atoms with van der Waals surface area (Å²) in [6.07, 6.45) is 1.81. The number of methoxy groups -OCH3 is 1. The van der Waals surface area contributed by atoms with Crippen LogP contribution in [0.1, 0.15) is 18.1 Å².